The number of carbonyl (C=O) groups is 1. The van der Waals surface area contributed by atoms with E-state index in [1.54, 1.807) is 20.2 Å². The van der Waals surface area contributed by atoms with Gasteiger partial charge in [-0.15, -0.1) is 0 Å². The Labute approximate surface area is 75.5 Å². The fourth-order valence-electron chi connectivity index (χ4n) is 0.777. The van der Waals surface area contributed by atoms with E-state index in [1.807, 2.05) is 6.92 Å². The Morgan fingerprint density at radius 2 is 2.18 bits per heavy atom. The maximum atomic E-state index is 10.9. The smallest absolute Gasteiger partial charge is 0.156 e. The predicted molar refractivity (Wildman–Crippen MR) is 51.3 cm³/mol. The molecule has 0 spiro atoms. The highest BCUT2D eigenvalue weighted by molar-refractivity contribution is 9.12. The lowest BCUT2D eigenvalue weighted by Gasteiger charge is -1.99. The molecule has 0 aromatic rings. The molecule has 3 heteroatoms. The first-order valence-corrected chi connectivity index (χ1v) is 4.24. The van der Waals surface area contributed by atoms with Crippen molar-refractivity contribution in [2.45, 2.75) is 20.3 Å². The van der Waals surface area contributed by atoms with Gasteiger partial charge in [0.05, 0.1) is 0 Å². The molecular weight excluding hydrogens is 206 g/mol. The van der Waals surface area contributed by atoms with Gasteiger partial charge in [0, 0.05) is 23.3 Å². The Hall–Kier alpha value is -0.440. The number of rotatable bonds is 3. The number of hydrogen-bond donors (Lipinski definition) is 0. The number of hydrogen-bond acceptors (Lipinski definition) is 2. The molecule has 0 saturated heterocycles. The molecule has 0 saturated carbocycles. The molecule has 0 aliphatic heterocycles. The second kappa shape index (κ2) is 5.24. The molecule has 0 atom stereocenters. The first-order chi connectivity index (χ1) is 5.13. The van der Waals surface area contributed by atoms with Gasteiger partial charge in [-0.1, -0.05) is 6.92 Å². The molecule has 0 heterocycles. The zero-order valence-corrected chi connectivity index (χ0v) is 8.60. The van der Waals surface area contributed by atoms with Crippen molar-refractivity contribution >= 4 is 27.9 Å². The van der Waals surface area contributed by atoms with Crippen LogP contribution >= 0.6 is 15.9 Å². The molecule has 0 aromatic heterocycles. The Morgan fingerprint density at radius 1 is 1.64 bits per heavy atom. The molecule has 0 aliphatic carbocycles. The number of allylic oxidation sites excluding steroid dienone is 2. The van der Waals surface area contributed by atoms with E-state index >= 15 is 0 Å². The third kappa shape index (κ3) is 3.46. The number of nitrogens with zero attached hydrogens (tertiary/aromatic N) is 1. The molecule has 0 rings (SSSR count). The van der Waals surface area contributed by atoms with Crippen LogP contribution in [-0.2, 0) is 4.79 Å². The van der Waals surface area contributed by atoms with Gasteiger partial charge in [0.2, 0.25) is 0 Å². The van der Waals surface area contributed by atoms with E-state index in [1.165, 1.54) is 0 Å². The lowest BCUT2D eigenvalue weighted by molar-refractivity contribution is -0.113. The summed E-state index contributed by atoms with van der Waals surface area (Å²) in [6.07, 6.45) is 2.38. The molecule has 0 radical (unpaired) electrons. The molecule has 0 unspecified atom stereocenters. The summed E-state index contributed by atoms with van der Waals surface area (Å²) in [7, 11) is 1.68. The zero-order chi connectivity index (χ0) is 8.85. The Morgan fingerprint density at radius 3 is 2.45 bits per heavy atom. The topological polar surface area (TPSA) is 29.4 Å². The van der Waals surface area contributed by atoms with Crippen LogP contribution in [0.15, 0.2) is 15.0 Å². The summed E-state index contributed by atoms with van der Waals surface area (Å²) in [5, 5.41) is 0. The summed E-state index contributed by atoms with van der Waals surface area (Å²) in [6, 6.07) is 0. The average Bonchev–Trinajstić information content (AvgIpc) is 1.88. The van der Waals surface area contributed by atoms with Crippen molar-refractivity contribution in [2.75, 3.05) is 7.05 Å². The van der Waals surface area contributed by atoms with E-state index in [4.69, 9.17) is 0 Å². The van der Waals surface area contributed by atoms with Crippen LogP contribution in [0.1, 0.15) is 20.3 Å². The van der Waals surface area contributed by atoms with Gasteiger partial charge in [-0.25, -0.2) is 0 Å². The standard InChI is InChI=1S/C8H12BrNO/c1-4-7(6(2)11)8(9)5-10-3/h5H,4H2,1-3H3/b8-7-,10-5?. The minimum absolute atomic E-state index is 0.0966. The maximum absolute atomic E-state index is 10.9. The minimum Gasteiger partial charge on any atom is -0.295 e. The second-order valence-electron chi connectivity index (χ2n) is 2.12. The van der Waals surface area contributed by atoms with E-state index in [-0.39, 0.29) is 5.78 Å². The number of halogens is 1. The molecule has 0 bridgehead atoms. The van der Waals surface area contributed by atoms with Crippen LogP contribution < -0.4 is 0 Å². The summed E-state index contributed by atoms with van der Waals surface area (Å²) in [6.45, 7) is 3.51. The highest BCUT2D eigenvalue weighted by Gasteiger charge is 2.04. The van der Waals surface area contributed by atoms with Crippen LogP contribution in [0.2, 0.25) is 0 Å². The Bertz CT molecular complexity index is 206. The molecule has 0 amide bonds. The van der Waals surface area contributed by atoms with Crippen LogP contribution in [0.3, 0.4) is 0 Å². The van der Waals surface area contributed by atoms with Crippen LogP contribution in [-0.4, -0.2) is 19.0 Å². The lowest BCUT2D eigenvalue weighted by Crippen LogP contribution is -1.97. The van der Waals surface area contributed by atoms with E-state index in [9.17, 15) is 4.79 Å². The molecule has 0 N–H and O–H groups in total. The van der Waals surface area contributed by atoms with Gasteiger partial charge >= 0.3 is 0 Å². The molecule has 62 valence electrons. The molecule has 0 fully saturated rings. The van der Waals surface area contributed by atoms with Gasteiger partial charge in [0.1, 0.15) is 0 Å². The van der Waals surface area contributed by atoms with E-state index in [0.29, 0.717) is 0 Å². The first-order valence-electron chi connectivity index (χ1n) is 3.45. The maximum Gasteiger partial charge on any atom is 0.156 e. The first kappa shape index (κ1) is 10.6. The molecular formula is C8H12BrNO. The predicted octanol–water partition coefficient (Wildman–Crippen LogP) is 2.33. The van der Waals surface area contributed by atoms with E-state index < -0.39 is 0 Å². The highest BCUT2D eigenvalue weighted by atomic mass is 79.9. The molecule has 0 aliphatic rings. The summed E-state index contributed by atoms with van der Waals surface area (Å²) in [5.74, 6) is 0.0966. The summed E-state index contributed by atoms with van der Waals surface area (Å²) >= 11 is 3.27. The van der Waals surface area contributed by atoms with Crippen molar-refractivity contribution in [1.29, 1.82) is 0 Å². The number of aliphatic imine (C=N–C) groups is 1. The Kier molecular flexibility index (Phi) is 5.03. The average molecular weight is 218 g/mol. The van der Waals surface area contributed by atoms with E-state index in [2.05, 4.69) is 20.9 Å². The summed E-state index contributed by atoms with van der Waals surface area (Å²) < 4.78 is 0.787. The third-order valence-corrected chi connectivity index (χ3v) is 1.99. The van der Waals surface area contributed by atoms with Crippen molar-refractivity contribution in [3.05, 3.63) is 10.1 Å². The number of carbonyl (C=O) groups excluding carboxylic acids is 1. The normalized spacial score (nSPS) is 13.5. The van der Waals surface area contributed by atoms with Crippen molar-refractivity contribution in [2.24, 2.45) is 4.99 Å². The van der Waals surface area contributed by atoms with Crippen LogP contribution in [0, 0.1) is 0 Å². The lowest BCUT2D eigenvalue weighted by atomic mass is 10.1. The van der Waals surface area contributed by atoms with Crippen molar-refractivity contribution in [3.63, 3.8) is 0 Å². The van der Waals surface area contributed by atoms with Crippen LogP contribution in [0.25, 0.3) is 0 Å². The Balaban J connectivity index is 4.67. The SMILES string of the molecule is CC/C(C(C)=O)=C(/Br)C=NC. The highest BCUT2D eigenvalue weighted by Crippen LogP contribution is 2.13. The van der Waals surface area contributed by atoms with E-state index in [0.717, 1.165) is 16.5 Å². The van der Waals surface area contributed by atoms with Gasteiger partial charge in [0.15, 0.2) is 5.78 Å². The van der Waals surface area contributed by atoms with Crippen LogP contribution in [0.4, 0.5) is 0 Å². The zero-order valence-electron chi connectivity index (χ0n) is 7.02. The summed E-state index contributed by atoms with van der Waals surface area (Å²) in [5.41, 5.74) is 0.788. The molecule has 0 aromatic carbocycles. The van der Waals surface area contributed by atoms with Gasteiger partial charge in [-0.05, 0) is 29.3 Å². The van der Waals surface area contributed by atoms with Crippen molar-refractivity contribution in [3.8, 4) is 0 Å². The minimum atomic E-state index is 0.0966. The number of ketones is 1. The van der Waals surface area contributed by atoms with Crippen molar-refractivity contribution < 1.29 is 4.79 Å². The largest absolute Gasteiger partial charge is 0.295 e. The summed E-state index contributed by atoms with van der Waals surface area (Å²) in [4.78, 5) is 14.7. The van der Waals surface area contributed by atoms with Gasteiger partial charge in [-0.2, -0.15) is 0 Å². The molecule has 11 heavy (non-hydrogen) atoms. The fourth-order valence-corrected chi connectivity index (χ4v) is 1.54. The fraction of sp³-hybridized carbons (Fsp3) is 0.500. The van der Waals surface area contributed by atoms with Crippen LogP contribution in [0.5, 0.6) is 0 Å². The molecule has 2 nitrogen and oxygen atoms in total. The monoisotopic (exact) mass is 217 g/mol. The van der Waals surface area contributed by atoms with Gasteiger partial charge < -0.3 is 0 Å². The van der Waals surface area contributed by atoms with Gasteiger partial charge in [-0.3, -0.25) is 9.79 Å². The van der Waals surface area contributed by atoms with Gasteiger partial charge in [0.25, 0.3) is 0 Å². The van der Waals surface area contributed by atoms with Crippen molar-refractivity contribution in [1.82, 2.24) is 0 Å². The second-order valence-corrected chi connectivity index (χ2v) is 2.98. The third-order valence-electron chi connectivity index (χ3n) is 1.31. The quantitative estimate of drug-likeness (QED) is 0.528. The number of Topliss-reactive ketones (excluding diaryl/α,β-unsaturated/α-hetero) is 1.